The van der Waals surface area contributed by atoms with Crippen molar-refractivity contribution in [2.24, 2.45) is 0 Å². The van der Waals surface area contributed by atoms with Crippen LogP contribution in [0.5, 0.6) is 5.75 Å². The zero-order valence-corrected chi connectivity index (χ0v) is 12.1. The molecule has 0 bridgehead atoms. The van der Waals surface area contributed by atoms with E-state index in [1.165, 1.54) is 0 Å². The molecular weight excluding hydrogens is 266 g/mol. The van der Waals surface area contributed by atoms with Gasteiger partial charge in [0.1, 0.15) is 17.9 Å². The predicted octanol–water partition coefficient (Wildman–Crippen LogP) is 1.66. The van der Waals surface area contributed by atoms with Crippen LogP contribution in [0.4, 0.5) is 0 Å². The van der Waals surface area contributed by atoms with E-state index in [9.17, 15) is 5.11 Å². The molecule has 112 valence electrons. The van der Waals surface area contributed by atoms with Crippen LogP contribution in [0.25, 0.3) is 0 Å². The van der Waals surface area contributed by atoms with Gasteiger partial charge < -0.3 is 20.3 Å². The summed E-state index contributed by atoms with van der Waals surface area (Å²) in [7, 11) is 1.81. The second-order valence-electron chi connectivity index (χ2n) is 4.95. The van der Waals surface area contributed by atoms with Crippen molar-refractivity contribution >= 4 is 0 Å². The molecule has 0 spiro atoms. The third kappa shape index (κ3) is 3.61. The Morgan fingerprint density at radius 3 is 2.19 bits per heavy atom. The van der Waals surface area contributed by atoms with Crippen molar-refractivity contribution in [2.75, 3.05) is 20.3 Å². The fraction of sp³-hybridized carbons (Fsp3) is 0.294. The van der Waals surface area contributed by atoms with Crippen LogP contribution >= 0.6 is 0 Å². The SMILES string of the molecule is CNC(CO)(COc1ccc(CO)cc1)c1ccccc1. The molecule has 0 amide bonds. The highest BCUT2D eigenvalue weighted by Crippen LogP contribution is 2.22. The molecule has 0 aliphatic carbocycles. The second-order valence-corrected chi connectivity index (χ2v) is 4.95. The molecule has 0 radical (unpaired) electrons. The first-order valence-corrected chi connectivity index (χ1v) is 6.92. The van der Waals surface area contributed by atoms with E-state index in [2.05, 4.69) is 5.32 Å². The van der Waals surface area contributed by atoms with Gasteiger partial charge in [0, 0.05) is 0 Å². The molecule has 2 aromatic rings. The van der Waals surface area contributed by atoms with Crippen molar-refractivity contribution in [3.05, 3.63) is 65.7 Å². The number of benzene rings is 2. The van der Waals surface area contributed by atoms with Gasteiger partial charge in [0.2, 0.25) is 0 Å². The molecule has 0 aromatic heterocycles. The maximum atomic E-state index is 9.81. The first-order chi connectivity index (χ1) is 10.2. The minimum absolute atomic E-state index is 0.0153. The summed E-state index contributed by atoms with van der Waals surface area (Å²) in [6.45, 7) is 0.256. The van der Waals surface area contributed by atoms with Crippen molar-refractivity contribution in [3.63, 3.8) is 0 Å². The lowest BCUT2D eigenvalue weighted by Gasteiger charge is -2.32. The summed E-state index contributed by atoms with van der Waals surface area (Å²) in [6.07, 6.45) is 0. The van der Waals surface area contributed by atoms with Crippen molar-refractivity contribution in [1.82, 2.24) is 5.32 Å². The van der Waals surface area contributed by atoms with E-state index in [0.717, 1.165) is 11.1 Å². The molecule has 2 aromatic carbocycles. The van der Waals surface area contributed by atoms with Crippen LogP contribution in [-0.4, -0.2) is 30.5 Å². The molecule has 4 nitrogen and oxygen atoms in total. The normalized spacial score (nSPS) is 13.7. The smallest absolute Gasteiger partial charge is 0.119 e. The molecule has 0 aliphatic rings. The lowest BCUT2D eigenvalue weighted by molar-refractivity contribution is 0.108. The third-order valence-corrected chi connectivity index (χ3v) is 3.67. The summed E-state index contributed by atoms with van der Waals surface area (Å²) in [5.41, 5.74) is 1.17. The molecule has 21 heavy (non-hydrogen) atoms. The third-order valence-electron chi connectivity index (χ3n) is 3.67. The highest BCUT2D eigenvalue weighted by atomic mass is 16.5. The van der Waals surface area contributed by atoms with Gasteiger partial charge in [0.25, 0.3) is 0 Å². The molecule has 1 unspecified atom stereocenters. The van der Waals surface area contributed by atoms with Crippen LogP contribution < -0.4 is 10.1 Å². The van der Waals surface area contributed by atoms with E-state index in [-0.39, 0.29) is 13.2 Å². The molecule has 1 atom stereocenters. The first-order valence-electron chi connectivity index (χ1n) is 6.92. The Kier molecular flexibility index (Phi) is 5.33. The quantitative estimate of drug-likeness (QED) is 0.725. The second kappa shape index (κ2) is 7.22. The van der Waals surface area contributed by atoms with Gasteiger partial charge in [0.15, 0.2) is 0 Å². The van der Waals surface area contributed by atoms with Crippen LogP contribution in [-0.2, 0) is 12.1 Å². The molecule has 0 heterocycles. The number of hydrogen-bond acceptors (Lipinski definition) is 4. The summed E-state index contributed by atoms with van der Waals surface area (Å²) < 4.78 is 5.80. The highest BCUT2D eigenvalue weighted by Gasteiger charge is 2.30. The lowest BCUT2D eigenvalue weighted by Crippen LogP contribution is -2.48. The van der Waals surface area contributed by atoms with Gasteiger partial charge in [-0.3, -0.25) is 0 Å². The standard InChI is InChI=1S/C17H21NO3/c1-18-17(12-20,15-5-3-2-4-6-15)13-21-16-9-7-14(11-19)8-10-16/h2-10,18-20H,11-13H2,1H3. The van der Waals surface area contributed by atoms with Gasteiger partial charge in [-0.05, 0) is 30.3 Å². The molecular formula is C17H21NO3. The highest BCUT2D eigenvalue weighted by molar-refractivity contribution is 5.29. The molecule has 0 saturated heterocycles. The Labute approximate surface area is 125 Å². The summed E-state index contributed by atoms with van der Waals surface area (Å²) in [4.78, 5) is 0. The number of aliphatic hydroxyl groups excluding tert-OH is 2. The predicted molar refractivity (Wildman–Crippen MR) is 82.1 cm³/mol. The van der Waals surface area contributed by atoms with Gasteiger partial charge in [-0.15, -0.1) is 0 Å². The van der Waals surface area contributed by atoms with Crippen LogP contribution in [0.2, 0.25) is 0 Å². The van der Waals surface area contributed by atoms with Crippen molar-refractivity contribution in [3.8, 4) is 5.75 Å². The van der Waals surface area contributed by atoms with Crippen LogP contribution in [0, 0.1) is 0 Å². The van der Waals surface area contributed by atoms with Crippen LogP contribution in [0.1, 0.15) is 11.1 Å². The Balaban J connectivity index is 2.13. The van der Waals surface area contributed by atoms with E-state index in [1.807, 2.05) is 54.6 Å². The van der Waals surface area contributed by atoms with Crippen molar-refractivity contribution in [2.45, 2.75) is 12.1 Å². The fourth-order valence-corrected chi connectivity index (χ4v) is 2.17. The van der Waals surface area contributed by atoms with E-state index in [0.29, 0.717) is 12.4 Å². The monoisotopic (exact) mass is 287 g/mol. The summed E-state index contributed by atoms with van der Waals surface area (Å²) in [6, 6.07) is 17.0. The van der Waals surface area contributed by atoms with Gasteiger partial charge in [-0.1, -0.05) is 42.5 Å². The van der Waals surface area contributed by atoms with E-state index in [4.69, 9.17) is 9.84 Å². The zero-order chi connectivity index (χ0) is 15.1. The number of ether oxygens (including phenoxy) is 1. The van der Waals surface area contributed by atoms with Gasteiger partial charge in [0.05, 0.1) is 13.2 Å². The first kappa shape index (κ1) is 15.5. The Morgan fingerprint density at radius 2 is 1.67 bits per heavy atom. The molecule has 2 rings (SSSR count). The minimum Gasteiger partial charge on any atom is -0.491 e. The lowest BCUT2D eigenvalue weighted by atomic mass is 9.92. The minimum atomic E-state index is -0.642. The van der Waals surface area contributed by atoms with Crippen LogP contribution in [0.3, 0.4) is 0 Å². The van der Waals surface area contributed by atoms with Gasteiger partial charge >= 0.3 is 0 Å². The number of likely N-dealkylation sites (N-methyl/N-ethyl adjacent to an activating group) is 1. The van der Waals surface area contributed by atoms with E-state index < -0.39 is 5.54 Å². The average molecular weight is 287 g/mol. The molecule has 3 N–H and O–H groups in total. The number of nitrogens with one attached hydrogen (secondary N) is 1. The van der Waals surface area contributed by atoms with Crippen LogP contribution in [0.15, 0.2) is 54.6 Å². The Bertz CT molecular complexity index is 536. The summed E-state index contributed by atoms with van der Waals surface area (Å²) >= 11 is 0. The number of aliphatic hydroxyl groups is 2. The molecule has 0 aliphatic heterocycles. The zero-order valence-electron chi connectivity index (χ0n) is 12.1. The maximum Gasteiger partial charge on any atom is 0.119 e. The summed E-state index contributed by atoms with van der Waals surface area (Å²) in [5, 5.41) is 22.0. The number of hydrogen-bond donors (Lipinski definition) is 3. The van der Waals surface area contributed by atoms with Crippen molar-refractivity contribution in [1.29, 1.82) is 0 Å². The Morgan fingerprint density at radius 1 is 1.00 bits per heavy atom. The summed E-state index contributed by atoms with van der Waals surface area (Å²) in [5.74, 6) is 0.705. The molecule has 4 heteroatoms. The average Bonchev–Trinajstić information content (AvgIpc) is 2.58. The topological polar surface area (TPSA) is 61.7 Å². The van der Waals surface area contributed by atoms with Crippen molar-refractivity contribution < 1.29 is 14.9 Å². The van der Waals surface area contributed by atoms with Gasteiger partial charge in [-0.2, -0.15) is 0 Å². The fourth-order valence-electron chi connectivity index (χ4n) is 2.17. The number of rotatable bonds is 7. The molecule has 0 fully saturated rings. The Hall–Kier alpha value is -1.88. The maximum absolute atomic E-state index is 9.81. The van der Waals surface area contributed by atoms with E-state index in [1.54, 1.807) is 7.05 Å². The molecule has 0 saturated carbocycles. The van der Waals surface area contributed by atoms with Gasteiger partial charge in [-0.25, -0.2) is 0 Å². The van der Waals surface area contributed by atoms with E-state index >= 15 is 0 Å². The largest absolute Gasteiger partial charge is 0.491 e.